The van der Waals surface area contributed by atoms with Crippen LogP contribution in [0.1, 0.15) is 18.4 Å². The molecule has 4 nitrogen and oxygen atoms in total. The third-order valence-corrected chi connectivity index (χ3v) is 3.56. The van der Waals surface area contributed by atoms with E-state index in [-0.39, 0.29) is 19.1 Å². The van der Waals surface area contributed by atoms with Crippen molar-refractivity contribution in [3.63, 3.8) is 0 Å². The summed E-state index contributed by atoms with van der Waals surface area (Å²) in [5.74, 6) is 0.404. The molecule has 0 saturated carbocycles. The van der Waals surface area contributed by atoms with Crippen molar-refractivity contribution in [1.29, 1.82) is 0 Å². The Morgan fingerprint density at radius 1 is 1.26 bits per heavy atom. The molecule has 1 aromatic rings. The first-order valence-electron chi connectivity index (χ1n) is 6.80. The van der Waals surface area contributed by atoms with Gasteiger partial charge in [-0.05, 0) is 24.3 Å². The van der Waals surface area contributed by atoms with Gasteiger partial charge >= 0.3 is 0 Å². The maximum Gasteiger partial charge on any atom is 0.248 e. The summed E-state index contributed by atoms with van der Waals surface area (Å²) in [6, 6.07) is 9.84. The molecule has 0 spiro atoms. The number of benzene rings is 1. The molecule has 1 saturated heterocycles. The van der Waals surface area contributed by atoms with E-state index in [0.29, 0.717) is 12.5 Å². The van der Waals surface area contributed by atoms with Crippen LogP contribution in [-0.2, 0) is 16.1 Å². The van der Waals surface area contributed by atoms with Crippen LogP contribution in [0.15, 0.2) is 30.3 Å². The Balaban J connectivity index is 1.67. The first-order chi connectivity index (χ1) is 9.29. The Morgan fingerprint density at radius 2 is 1.95 bits per heavy atom. The minimum Gasteiger partial charge on any atom is -0.396 e. The Labute approximate surface area is 114 Å². The fourth-order valence-corrected chi connectivity index (χ4v) is 2.29. The zero-order chi connectivity index (χ0) is 13.5. The lowest BCUT2D eigenvalue weighted by molar-refractivity contribution is -0.138. The van der Waals surface area contributed by atoms with E-state index < -0.39 is 0 Å². The van der Waals surface area contributed by atoms with E-state index in [9.17, 15) is 4.79 Å². The molecular weight excluding hydrogens is 242 g/mol. The number of nitrogens with zero attached hydrogens (tertiary/aromatic N) is 1. The molecule has 0 atom stereocenters. The Kier molecular flexibility index (Phi) is 5.36. The van der Waals surface area contributed by atoms with Gasteiger partial charge in [0.1, 0.15) is 6.61 Å². The van der Waals surface area contributed by atoms with Gasteiger partial charge in [0.2, 0.25) is 5.91 Å². The van der Waals surface area contributed by atoms with Crippen LogP contribution in [0.5, 0.6) is 0 Å². The molecule has 0 bridgehead atoms. The molecule has 1 amide bonds. The topological polar surface area (TPSA) is 49.8 Å². The number of piperidine rings is 1. The van der Waals surface area contributed by atoms with Crippen molar-refractivity contribution in [3.05, 3.63) is 35.9 Å². The lowest BCUT2D eigenvalue weighted by atomic mass is 9.98. The second-order valence-electron chi connectivity index (χ2n) is 4.99. The first-order valence-corrected chi connectivity index (χ1v) is 6.80. The van der Waals surface area contributed by atoms with Crippen molar-refractivity contribution in [2.75, 3.05) is 26.3 Å². The number of rotatable bonds is 5. The Hall–Kier alpha value is -1.39. The van der Waals surface area contributed by atoms with Gasteiger partial charge in [-0.3, -0.25) is 4.79 Å². The monoisotopic (exact) mass is 263 g/mol. The summed E-state index contributed by atoms with van der Waals surface area (Å²) in [6.45, 7) is 2.31. The predicted octanol–water partition coefficient (Wildman–Crippen LogP) is 1.43. The van der Waals surface area contributed by atoms with E-state index in [0.717, 1.165) is 31.5 Å². The average Bonchev–Trinajstić information content (AvgIpc) is 2.48. The highest BCUT2D eigenvalue weighted by Crippen LogP contribution is 2.16. The number of aliphatic hydroxyl groups excluding tert-OH is 1. The third-order valence-electron chi connectivity index (χ3n) is 3.56. The zero-order valence-electron chi connectivity index (χ0n) is 11.1. The molecule has 4 heteroatoms. The fourth-order valence-electron chi connectivity index (χ4n) is 2.29. The summed E-state index contributed by atoms with van der Waals surface area (Å²) in [4.78, 5) is 13.8. The second-order valence-corrected chi connectivity index (χ2v) is 4.99. The molecule has 1 aliphatic heterocycles. The average molecular weight is 263 g/mol. The Bertz CT molecular complexity index is 386. The number of aliphatic hydroxyl groups is 1. The summed E-state index contributed by atoms with van der Waals surface area (Å²) in [5.41, 5.74) is 1.08. The van der Waals surface area contributed by atoms with E-state index in [1.807, 2.05) is 35.2 Å². The van der Waals surface area contributed by atoms with Crippen molar-refractivity contribution < 1.29 is 14.6 Å². The second kappa shape index (κ2) is 7.26. The van der Waals surface area contributed by atoms with Crippen LogP contribution in [-0.4, -0.2) is 42.2 Å². The van der Waals surface area contributed by atoms with Crippen LogP contribution in [0.4, 0.5) is 0 Å². The molecule has 1 N–H and O–H groups in total. The molecule has 0 aromatic heterocycles. The highest BCUT2D eigenvalue weighted by atomic mass is 16.5. The van der Waals surface area contributed by atoms with Crippen molar-refractivity contribution >= 4 is 5.91 Å². The van der Waals surface area contributed by atoms with E-state index in [4.69, 9.17) is 9.84 Å². The number of carbonyl (C=O) groups is 1. The molecule has 1 aromatic carbocycles. The summed E-state index contributed by atoms with van der Waals surface area (Å²) >= 11 is 0. The van der Waals surface area contributed by atoms with Gasteiger partial charge in [-0.1, -0.05) is 30.3 Å². The van der Waals surface area contributed by atoms with Crippen molar-refractivity contribution in [3.8, 4) is 0 Å². The summed E-state index contributed by atoms with van der Waals surface area (Å²) in [6.07, 6.45) is 1.78. The summed E-state index contributed by atoms with van der Waals surface area (Å²) in [5, 5.41) is 9.06. The van der Waals surface area contributed by atoms with Gasteiger partial charge in [0.05, 0.1) is 6.61 Å². The van der Waals surface area contributed by atoms with E-state index in [1.54, 1.807) is 0 Å². The zero-order valence-corrected chi connectivity index (χ0v) is 11.1. The molecule has 2 rings (SSSR count). The number of carbonyl (C=O) groups excluding carboxylic acids is 1. The maximum atomic E-state index is 11.9. The molecule has 19 heavy (non-hydrogen) atoms. The summed E-state index contributed by atoms with van der Waals surface area (Å²) < 4.78 is 5.45. The maximum absolute atomic E-state index is 11.9. The number of hydrogen-bond donors (Lipinski definition) is 1. The lowest BCUT2D eigenvalue weighted by Gasteiger charge is -2.31. The van der Waals surface area contributed by atoms with Gasteiger partial charge in [0.25, 0.3) is 0 Å². The SMILES string of the molecule is O=C(COCc1ccccc1)N1CCC(CO)CC1. The van der Waals surface area contributed by atoms with Crippen LogP contribution in [0, 0.1) is 5.92 Å². The molecule has 0 aliphatic carbocycles. The molecule has 0 unspecified atom stereocenters. The normalized spacial score (nSPS) is 16.6. The molecule has 0 radical (unpaired) electrons. The largest absolute Gasteiger partial charge is 0.396 e. The van der Waals surface area contributed by atoms with Crippen molar-refractivity contribution in [2.24, 2.45) is 5.92 Å². The van der Waals surface area contributed by atoms with E-state index in [2.05, 4.69) is 0 Å². The number of likely N-dealkylation sites (tertiary alicyclic amines) is 1. The minimum absolute atomic E-state index is 0.0484. The van der Waals surface area contributed by atoms with Crippen LogP contribution in [0.25, 0.3) is 0 Å². The molecular formula is C15H21NO3. The fraction of sp³-hybridized carbons (Fsp3) is 0.533. The van der Waals surface area contributed by atoms with Gasteiger partial charge in [-0.25, -0.2) is 0 Å². The third kappa shape index (κ3) is 4.33. The van der Waals surface area contributed by atoms with Gasteiger partial charge in [-0.15, -0.1) is 0 Å². The standard InChI is InChI=1S/C15H21NO3/c17-10-13-6-8-16(9-7-13)15(18)12-19-11-14-4-2-1-3-5-14/h1-5,13,17H,6-12H2. The number of ether oxygens (including phenoxy) is 1. The van der Waals surface area contributed by atoms with Crippen LogP contribution in [0.3, 0.4) is 0 Å². The lowest BCUT2D eigenvalue weighted by Crippen LogP contribution is -2.41. The van der Waals surface area contributed by atoms with Gasteiger partial charge in [0.15, 0.2) is 0 Å². The summed E-state index contributed by atoms with van der Waals surface area (Å²) in [7, 11) is 0. The highest BCUT2D eigenvalue weighted by molar-refractivity contribution is 5.77. The minimum atomic E-state index is 0.0484. The van der Waals surface area contributed by atoms with Crippen LogP contribution in [0.2, 0.25) is 0 Å². The van der Waals surface area contributed by atoms with E-state index >= 15 is 0 Å². The highest BCUT2D eigenvalue weighted by Gasteiger charge is 2.21. The van der Waals surface area contributed by atoms with Crippen LogP contribution < -0.4 is 0 Å². The number of amides is 1. The molecule has 1 aliphatic rings. The smallest absolute Gasteiger partial charge is 0.248 e. The van der Waals surface area contributed by atoms with E-state index in [1.165, 1.54) is 0 Å². The first kappa shape index (κ1) is 14.0. The van der Waals surface area contributed by atoms with Crippen molar-refractivity contribution in [1.82, 2.24) is 4.90 Å². The van der Waals surface area contributed by atoms with Crippen LogP contribution >= 0.6 is 0 Å². The van der Waals surface area contributed by atoms with Gasteiger partial charge in [0, 0.05) is 19.7 Å². The number of hydrogen-bond acceptors (Lipinski definition) is 3. The van der Waals surface area contributed by atoms with Gasteiger partial charge in [-0.2, -0.15) is 0 Å². The quantitative estimate of drug-likeness (QED) is 0.874. The van der Waals surface area contributed by atoms with Crippen molar-refractivity contribution in [2.45, 2.75) is 19.4 Å². The molecule has 1 fully saturated rings. The van der Waals surface area contributed by atoms with Gasteiger partial charge < -0.3 is 14.7 Å². The molecule has 104 valence electrons. The Morgan fingerprint density at radius 3 is 2.58 bits per heavy atom. The molecule has 1 heterocycles. The predicted molar refractivity (Wildman–Crippen MR) is 72.5 cm³/mol.